The maximum absolute atomic E-state index is 5.86. The van der Waals surface area contributed by atoms with Crippen molar-refractivity contribution in [1.29, 1.82) is 0 Å². The molecule has 4 rings (SSSR count). The first-order valence-corrected chi connectivity index (χ1v) is 8.11. The number of nitrogens with zero attached hydrogens (tertiary/aromatic N) is 6. The van der Waals surface area contributed by atoms with Gasteiger partial charge < -0.3 is 9.30 Å². The van der Waals surface area contributed by atoms with Crippen molar-refractivity contribution in [2.24, 2.45) is 7.05 Å². The Morgan fingerprint density at radius 3 is 2.96 bits per heavy atom. The number of morpholine rings is 1. The van der Waals surface area contributed by atoms with E-state index in [1.165, 1.54) is 0 Å². The van der Waals surface area contributed by atoms with Gasteiger partial charge in [-0.15, -0.1) is 10.2 Å². The SMILES string of the molecule is Cc1nc(CN2CCOC(c3nncn3C)C2)nc2ccccc12. The minimum atomic E-state index is -0.0622. The molecule has 1 aromatic carbocycles. The highest BCUT2D eigenvalue weighted by Gasteiger charge is 2.26. The lowest BCUT2D eigenvalue weighted by Crippen LogP contribution is -2.39. The van der Waals surface area contributed by atoms with Crippen LogP contribution in [0.2, 0.25) is 0 Å². The van der Waals surface area contributed by atoms with Gasteiger partial charge in [0.2, 0.25) is 0 Å². The molecular formula is C17H20N6O. The Morgan fingerprint density at radius 1 is 1.25 bits per heavy atom. The third-order valence-corrected chi connectivity index (χ3v) is 4.39. The predicted molar refractivity (Wildman–Crippen MR) is 89.2 cm³/mol. The summed E-state index contributed by atoms with van der Waals surface area (Å²) >= 11 is 0. The molecule has 0 amide bonds. The van der Waals surface area contributed by atoms with E-state index in [1.54, 1.807) is 6.33 Å². The van der Waals surface area contributed by atoms with Crippen molar-refractivity contribution in [3.8, 4) is 0 Å². The summed E-state index contributed by atoms with van der Waals surface area (Å²) in [6, 6.07) is 8.13. The molecule has 1 unspecified atom stereocenters. The molecule has 3 heterocycles. The first kappa shape index (κ1) is 15.2. The highest BCUT2D eigenvalue weighted by molar-refractivity contribution is 5.80. The number of fused-ring (bicyclic) bond motifs is 1. The topological polar surface area (TPSA) is 69.0 Å². The van der Waals surface area contributed by atoms with Crippen LogP contribution in [0.5, 0.6) is 0 Å². The van der Waals surface area contributed by atoms with Gasteiger partial charge in [0.05, 0.1) is 18.7 Å². The first-order valence-electron chi connectivity index (χ1n) is 8.11. The Kier molecular flexibility index (Phi) is 3.95. The maximum atomic E-state index is 5.86. The van der Waals surface area contributed by atoms with Crippen molar-refractivity contribution in [2.75, 3.05) is 19.7 Å². The van der Waals surface area contributed by atoms with Crippen LogP contribution in [0.25, 0.3) is 10.9 Å². The van der Waals surface area contributed by atoms with Crippen LogP contribution in [-0.2, 0) is 18.3 Å². The van der Waals surface area contributed by atoms with Crippen LogP contribution < -0.4 is 0 Å². The van der Waals surface area contributed by atoms with E-state index in [-0.39, 0.29) is 6.10 Å². The number of ether oxygens (including phenoxy) is 1. The molecule has 1 atom stereocenters. The Labute approximate surface area is 140 Å². The highest BCUT2D eigenvalue weighted by Crippen LogP contribution is 2.21. The highest BCUT2D eigenvalue weighted by atomic mass is 16.5. The van der Waals surface area contributed by atoms with Crippen LogP contribution in [0, 0.1) is 6.92 Å². The lowest BCUT2D eigenvalue weighted by Gasteiger charge is -2.31. The summed E-state index contributed by atoms with van der Waals surface area (Å²) in [5.41, 5.74) is 2.02. The zero-order chi connectivity index (χ0) is 16.5. The number of hydrogen-bond donors (Lipinski definition) is 0. The van der Waals surface area contributed by atoms with Crippen molar-refractivity contribution in [2.45, 2.75) is 19.6 Å². The molecule has 124 valence electrons. The van der Waals surface area contributed by atoms with Gasteiger partial charge in [-0.1, -0.05) is 18.2 Å². The maximum Gasteiger partial charge on any atom is 0.163 e. The van der Waals surface area contributed by atoms with Crippen molar-refractivity contribution in [1.82, 2.24) is 29.6 Å². The molecule has 0 spiro atoms. The quantitative estimate of drug-likeness (QED) is 0.729. The normalized spacial score (nSPS) is 19.0. The molecule has 1 aliphatic heterocycles. The molecule has 0 aliphatic carbocycles. The van der Waals surface area contributed by atoms with Crippen LogP contribution in [0.1, 0.15) is 23.4 Å². The zero-order valence-corrected chi connectivity index (χ0v) is 13.9. The fraction of sp³-hybridized carbons (Fsp3) is 0.412. The van der Waals surface area contributed by atoms with Gasteiger partial charge in [0.15, 0.2) is 5.82 Å². The summed E-state index contributed by atoms with van der Waals surface area (Å²) in [5.74, 6) is 1.71. The van der Waals surface area contributed by atoms with Crippen molar-refractivity contribution in [3.05, 3.63) is 47.9 Å². The number of aromatic nitrogens is 5. The van der Waals surface area contributed by atoms with Gasteiger partial charge in [-0.2, -0.15) is 0 Å². The molecule has 7 nitrogen and oxygen atoms in total. The minimum Gasteiger partial charge on any atom is -0.368 e. The van der Waals surface area contributed by atoms with E-state index in [4.69, 9.17) is 9.72 Å². The van der Waals surface area contributed by atoms with Crippen LogP contribution in [0.3, 0.4) is 0 Å². The monoisotopic (exact) mass is 324 g/mol. The molecule has 0 radical (unpaired) electrons. The van der Waals surface area contributed by atoms with E-state index in [0.717, 1.165) is 41.3 Å². The summed E-state index contributed by atoms with van der Waals surface area (Å²) in [6.07, 6.45) is 1.64. The number of hydrogen-bond acceptors (Lipinski definition) is 6. The van der Waals surface area contributed by atoms with Crippen molar-refractivity contribution < 1.29 is 4.74 Å². The third kappa shape index (κ3) is 2.88. The fourth-order valence-corrected chi connectivity index (χ4v) is 3.15. The van der Waals surface area contributed by atoms with Gasteiger partial charge in [-0.25, -0.2) is 9.97 Å². The van der Waals surface area contributed by atoms with E-state index in [2.05, 4.69) is 26.1 Å². The van der Waals surface area contributed by atoms with E-state index in [9.17, 15) is 0 Å². The molecule has 7 heteroatoms. The predicted octanol–water partition coefficient (Wildman–Crippen LogP) is 1.64. The van der Waals surface area contributed by atoms with E-state index in [1.807, 2.05) is 36.7 Å². The van der Waals surface area contributed by atoms with Gasteiger partial charge in [0.1, 0.15) is 18.3 Å². The zero-order valence-electron chi connectivity index (χ0n) is 13.9. The van der Waals surface area contributed by atoms with Crippen LogP contribution >= 0.6 is 0 Å². The molecule has 0 bridgehead atoms. The average molecular weight is 324 g/mol. The lowest BCUT2D eigenvalue weighted by atomic mass is 10.2. The molecule has 2 aromatic heterocycles. The van der Waals surface area contributed by atoms with Gasteiger partial charge in [0.25, 0.3) is 0 Å². The second-order valence-electron chi connectivity index (χ2n) is 6.14. The summed E-state index contributed by atoms with van der Waals surface area (Å²) in [7, 11) is 1.94. The number of benzene rings is 1. The van der Waals surface area contributed by atoms with Gasteiger partial charge in [0, 0.05) is 31.2 Å². The largest absolute Gasteiger partial charge is 0.368 e. The number of rotatable bonds is 3. The summed E-state index contributed by atoms with van der Waals surface area (Å²) < 4.78 is 7.77. The van der Waals surface area contributed by atoms with Crippen LogP contribution in [-0.4, -0.2) is 49.3 Å². The van der Waals surface area contributed by atoms with Gasteiger partial charge in [-0.3, -0.25) is 4.90 Å². The number of aryl methyl sites for hydroxylation is 2. The molecule has 0 saturated carbocycles. The Balaban J connectivity index is 1.54. The molecule has 1 fully saturated rings. The van der Waals surface area contributed by atoms with Gasteiger partial charge in [-0.05, 0) is 13.0 Å². The van der Waals surface area contributed by atoms with E-state index in [0.29, 0.717) is 13.2 Å². The smallest absolute Gasteiger partial charge is 0.163 e. The standard InChI is InChI=1S/C17H20N6O/c1-12-13-5-3-4-6-14(13)20-16(19-12)10-23-7-8-24-15(9-23)17-21-18-11-22(17)2/h3-6,11,15H,7-10H2,1-2H3. The molecule has 24 heavy (non-hydrogen) atoms. The van der Waals surface area contributed by atoms with E-state index < -0.39 is 0 Å². The fourth-order valence-electron chi connectivity index (χ4n) is 3.15. The molecular weight excluding hydrogens is 304 g/mol. The first-order chi connectivity index (χ1) is 11.7. The Bertz CT molecular complexity index is 861. The second-order valence-corrected chi connectivity index (χ2v) is 6.14. The van der Waals surface area contributed by atoms with Crippen molar-refractivity contribution in [3.63, 3.8) is 0 Å². The van der Waals surface area contributed by atoms with Crippen molar-refractivity contribution >= 4 is 10.9 Å². The van der Waals surface area contributed by atoms with Crippen LogP contribution in [0.4, 0.5) is 0 Å². The average Bonchev–Trinajstić information content (AvgIpc) is 3.01. The molecule has 3 aromatic rings. The Morgan fingerprint density at radius 2 is 2.12 bits per heavy atom. The lowest BCUT2D eigenvalue weighted by molar-refractivity contribution is -0.0392. The molecule has 1 saturated heterocycles. The molecule has 1 aliphatic rings. The van der Waals surface area contributed by atoms with E-state index >= 15 is 0 Å². The summed E-state index contributed by atoms with van der Waals surface area (Å²) in [5, 5.41) is 9.22. The molecule has 0 N–H and O–H groups in total. The minimum absolute atomic E-state index is 0.0622. The summed E-state index contributed by atoms with van der Waals surface area (Å²) in [4.78, 5) is 11.7. The summed E-state index contributed by atoms with van der Waals surface area (Å²) in [6.45, 7) is 5.05. The Hall–Kier alpha value is -2.38. The number of para-hydroxylation sites is 1. The second kappa shape index (κ2) is 6.26. The van der Waals surface area contributed by atoms with Crippen LogP contribution in [0.15, 0.2) is 30.6 Å². The third-order valence-electron chi connectivity index (χ3n) is 4.39. The van der Waals surface area contributed by atoms with Gasteiger partial charge >= 0.3 is 0 Å².